The summed E-state index contributed by atoms with van der Waals surface area (Å²) >= 11 is 2.05. The number of nitro benzene ring substituents is 1. The van der Waals surface area contributed by atoms with E-state index in [4.69, 9.17) is 0 Å². The second-order valence-electron chi connectivity index (χ2n) is 4.21. The average Bonchev–Trinajstić information content (AvgIpc) is 2.47. The lowest BCUT2D eigenvalue weighted by atomic mass is 10.1. The largest absolute Gasteiger partial charge is 0.507 e. The van der Waals surface area contributed by atoms with Gasteiger partial charge in [0.2, 0.25) is 0 Å². The molecule has 0 radical (unpaired) electrons. The quantitative estimate of drug-likeness (QED) is 0.281. The van der Waals surface area contributed by atoms with Crippen LogP contribution in [0.2, 0.25) is 0 Å². The summed E-state index contributed by atoms with van der Waals surface area (Å²) in [5.74, 6) is -0.405. The lowest BCUT2D eigenvalue weighted by molar-refractivity contribution is -0.384. The maximum absolute atomic E-state index is 12.0. The van der Waals surface area contributed by atoms with Gasteiger partial charge in [-0.3, -0.25) is 14.9 Å². The van der Waals surface area contributed by atoms with E-state index >= 15 is 0 Å². The maximum atomic E-state index is 12.0. The van der Waals surface area contributed by atoms with Crippen molar-refractivity contribution in [2.75, 3.05) is 0 Å². The molecule has 2 aromatic carbocycles. The number of carbonyl (C=O) groups is 1. The van der Waals surface area contributed by atoms with Crippen molar-refractivity contribution in [3.05, 3.63) is 73.4 Å². The summed E-state index contributed by atoms with van der Waals surface area (Å²) in [6.45, 7) is 0. The van der Waals surface area contributed by atoms with E-state index in [9.17, 15) is 20.0 Å². The van der Waals surface area contributed by atoms with Gasteiger partial charge in [0.15, 0.2) is 5.78 Å². The third-order valence-electron chi connectivity index (χ3n) is 2.76. The molecule has 0 aliphatic carbocycles. The first-order valence-corrected chi connectivity index (χ1v) is 7.00. The Morgan fingerprint density at radius 3 is 2.48 bits per heavy atom. The van der Waals surface area contributed by atoms with Crippen LogP contribution in [0.4, 0.5) is 5.69 Å². The normalized spacial score (nSPS) is 10.7. The van der Waals surface area contributed by atoms with E-state index in [0.29, 0.717) is 5.56 Å². The van der Waals surface area contributed by atoms with Gasteiger partial charge in [-0.1, -0.05) is 6.08 Å². The van der Waals surface area contributed by atoms with Crippen LogP contribution in [0.1, 0.15) is 15.9 Å². The number of benzene rings is 2. The average molecular weight is 395 g/mol. The Hall–Kier alpha value is -2.22. The van der Waals surface area contributed by atoms with Gasteiger partial charge in [-0.2, -0.15) is 0 Å². The predicted octanol–water partition coefficient (Wildman–Crippen LogP) is 3.80. The number of aromatic hydroxyl groups is 1. The van der Waals surface area contributed by atoms with E-state index in [1.54, 1.807) is 30.3 Å². The maximum Gasteiger partial charge on any atom is 0.269 e. The van der Waals surface area contributed by atoms with Crippen LogP contribution in [0.25, 0.3) is 6.08 Å². The second-order valence-corrected chi connectivity index (χ2v) is 5.45. The van der Waals surface area contributed by atoms with E-state index in [1.165, 1.54) is 24.3 Å². The highest BCUT2D eigenvalue weighted by atomic mass is 127. The smallest absolute Gasteiger partial charge is 0.269 e. The number of phenols is 1. The number of phenolic OH excluding ortho intramolecular Hbond substituents is 1. The summed E-state index contributed by atoms with van der Waals surface area (Å²) < 4.78 is 0.845. The number of nitro groups is 1. The van der Waals surface area contributed by atoms with Crippen LogP contribution in [0.15, 0.2) is 48.5 Å². The summed E-state index contributed by atoms with van der Waals surface area (Å²) in [7, 11) is 0. The number of hydrogen-bond donors (Lipinski definition) is 1. The van der Waals surface area contributed by atoms with Crippen LogP contribution in [-0.2, 0) is 0 Å². The Morgan fingerprint density at radius 1 is 1.19 bits per heavy atom. The molecule has 0 aromatic heterocycles. The van der Waals surface area contributed by atoms with Crippen LogP contribution in [-0.4, -0.2) is 15.8 Å². The SMILES string of the molecule is O=C(/C=C/c1ccc([N+](=O)[O-])cc1)c1cc(I)ccc1O. The molecule has 0 saturated heterocycles. The summed E-state index contributed by atoms with van der Waals surface area (Å²) in [6.07, 6.45) is 2.87. The topological polar surface area (TPSA) is 80.4 Å². The zero-order chi connectivity index (χ0) is 15.4. The number of nitrogens with zero attached hydrogens (tertiary/aromatic N) is 1. The minimum absolute atomic E-state index is 0.00580. The molecule has 0 amide bonds. The number of allylic oxidation sites excluding steroid dienone is 1. The molecule has 106 valence electrons. The molecule has 6 heteroatoms. The van der Waals surface area contributed by atoms with Crippen molar-refractivity contribution in [2.24, 2.45) is 0 Å². The molecule has 5 nitrogen and oxygen atoms in total. The molecule has 0 spiro atoms. The molecule has 0 aliphatic rings. The first-order chi connectivity index (χ1) is 9.97. The second kappa shape index (κ2) is 6.49. The van der Waals surface area contributed by atoms with Crippen molar-refractivity contribution < 1.29 is 14.8 Å². The number of halogens is 1. The van der Waals surface area contributed by atoms with Gasteiger partial charge in [0.25, 0.3) is 5.69 Å². The number of non-ortho nitro benzene ring substituents is 1. The molecule has 0 fully saturated rings. The van der Waals surface area contributed by atoms with Crippen molar-refractivity contribution in [1.82, 2.24) is 0 Å². The molecular weight excluding hydrogens is 385 g/mol. The third kappa shape index (κ3) is 3.88. The molecule has 0 unspecified atom stereocenters. The van der Waals surface area contributed by atoms with Crippen LogP contribution in [0.5, 0.6) is 5.75 Å². The number of rotatable bonds is 4. The lowest BCUT2D eigenvalue weighted by Gasteiger charge is -2.01. The first kappa shape index (κ1) is 15.2. The molecule has 2 rings (SSSR count). The van der Waals surface area contributed by atoms with Gasteiger partial charge in [0, 0.05) is 15.7 Å². The fourth-order valence-corrected chi connectivity index (χ4v) is 2.17. The molecular formula is C15H10INO4. The minimum atomic E-state index is -0.484. The van der Waals surface area contributed by atoms with Crippen molar-refractivity contribution in [2.45, 2.75) is 0 Å². The highest BCUT2D eigenvalue weighted by molar-refractivity contribution is 14.1. The Kier molecular flexibility index (Phi) is 4.69. The minimum Gasteiger partial charge on any atom is -0.507 e. The third-order valence-corrected chi connectivity index (χ3v) is 3.43. The zero-order valence-corrected chi connectivity index (χ0v) is 12.9. The summed E-state index contributed by atoms with van der Waals surface area (Å²) in [6, 6.07) is 10.6. The number of ketones is 1. The van der Waals surface area contributed by atoms with Crippen molar-refractivity contribution in [3.8, 4) is 5.75 Å². The fourth-order valence-electron chi connectivity index (χ4n) is 1.67. The predicted molar refractivity (Wildman–Crippen MR) is 87.3 cm³/mol. The summed E-state index contributed by atoms with van der Waals surface area (Å²) in [4.78, 5) is 22.1. The fraction of sp³-hybridized carbons (Fsp3) is 0. The summed E-state index contributed by atoms with van der Waals surface area (Å²) in [5.41, 5.74) is 0.882. The van der Waals surface area contributed by atoms with E-state index in [-0.39, 0.29) is 22.8 Å². The van der Waals surface area contributed by atoms with Crippen LogP contribution < -0.4 is 0 Å². The van der Waals surface area contributed by atoms with E-state index in [2.05, 4.69) is 22.6 Å². The van der Waals surface area contributed by atoms with Gasteiger partial charge in [0.05, 0.1) is 10.5 Å². The lowest BCUT2D eigenvalue weighted by Crippen LogP contribution is -1.95. The standard InChI is InChI=1S/C15H10INO4/c16-11-4-8-15(19)13(9-11)14(18)7-3-10-1-5-12(6-2-10)17(20)21/h1-9,19H/b7-3+. The molecule has 2 aromatic rings. The molecule has 0 atom stereocenters. The van der Waals surface area contributed by atoms with Gasteiger partial charge in [-0.25, -0.2) is 0 Å². The Balaban J connectivity index is 2.18. The molecule has 0 bridgehead atoms. The Morgan fingerprint density at radius 2 is 1.86 bits per heavy atom. The molecule has 0 heterocycles. The van der Waals surface area contributed by atoms with E-state index < -0.39 is 4.92 Å². The van der Waals surface area contributed by atoms with Gasteiger partial charge in [-0.05, 0) is 64.6 Å². The summed E-state index contributed by atoms with van der Waals surface area (Å²) in [5, 5.41) is 20.2. The highest BCUT2D eigenvalue weighted by Crippen LogP contribution is 2.21. The number of carbonyl (C=O) groups excluding carboxylic acids is 1. The van der Waals surface area contributed by atoms with Crippen molar-refractivity contribution >= 4 is 40.1 Å². The number of hydrogen-bond acceptors (Lipinski definition) is 4. The molecule has 0 aliphatic heterocycles. The van der Waals surface area contributed by atoms with Crippen LogP contribution in [0.3, 0.4) is 0 Å². The van der Waals surface area contributed by atoms with Crippen molar-refractivity contribution in [1.29, 1.82) is 0 Å². The van der Waals surface area contributed by atoms with Gasteiger partial charge in [0.1, 0.15) is 5.75 Å². The van der Waals surface area contributed by atoms with Crippen LogP contribution >= 0.6 is 22.6 Å². The van der Waals surface area contributed by atoms with Crippen molar-refractivity contribution in [3.63, 3.8) is 0 Å². The van der Waals surface area contributed by atoms with E-state index in [0.717, 1.165) is 3.57 Å². The molecule has 0 saturated carbocycles. The zero-order valence-electron chi connectivity index (χ0n) is 10.7. The van der Waals surface area contributed by atoms with Gasteiger partial charge in [-0.15, -0.1) is 0 Å². The Labute approximate surface area is 134 Å². The van der Waals surface area contributed by atoms with Gasteiger partial charge >= 0.3 is 0 Å². The monoisotopic (exact) mass is 395 g/mol. The Bertz CT molecular complexity index is 723. The van der Waals surface area contributed by atoms with Crippen LogP contribution in [0, 0.1) is 13.7 Å². The van der Waals surface area contributed by atoms with Gasteiger partial charge < -0.3 is 5.11 Å². The highest BCUT2D eigenvalue weighted by Gasteiger charge is 2.08. The molecule has 21 heavy (non-hydrogen) atoms. The first-order valence-electron chi connectivity index (χ1n) is 5.93. The van der Waals surface area contributed by atoms with E-state index in [1.807, 2.05) is 0 Å². The molecule has 1 N–H and O–H groups in total.